The molecule has 0 spiro atoms. The smallest absolute Gasteiger partial charge is 0.244 e. The zero-order chi connectivity index (χ0) is 22.2. The van der Waals surface area contributed by atoms with Crippen molar-refractivity contribution in [3.8, 4) is 22.6 Å². The summed E-state index contributed by atoms with van der Waals surface area (Å²) in [5.74, 6) is 0.0967. The molecule has 3 aromatic rings. The third-order valence-electron chi connectivity index (χ3n) is 5.74. The number of hydrogen-bond donors (Lipinski definition) is 1. The van der Waals surface area contributed by atoms with E-state index >= 15 is 0 Å². The van der Waals surface area contributed by atoms with Crippen molar-refractivity contribution < 1.29 is 12.8 Å². The predicted octanol–water partition coefficient (Wildman–Crippen LogP) is 6.25. The molecule has 0 unspecified atom stereocenters. The third kappa shape index (κ3) is 4.58. The number of benzene rings is 2. The van der Waals surface area contributed by atoms with Gasteiger partial charge in [0.25, 0.3) is 0 Å². The molecule has 1 aliphatic rings. The fourth-order valence-electron chi connectivity index (χ4n) is 3.92. The van der Waals surface area contributed by atoms with E-state index < -0.39 is 10.0 Å². The largest absolute Gasteiger partial charge is 0.344 e. The normalized spacial score (nSPS) is 15.5. The van der Waals surface area contributed by atoms with Crippen LogP contribution >= 0.6 is 27.5 Å². The minimum Gasteiger partial charge on any atom is -0.344 e. The Morgan fingerprint density at radius 3 is 2.55 bits per heavy atom. The highest BCUT2D eigenvalue weighted by Gasteiger charge is 2.31. The van der Waals surface area contributed by atoms with Gasteiger partial charge >= 0.3 is 0 Å². The van der Waals surface area contributed by atoms with Crippen molar-refractivity contribution in [3.63, 3.8) is 0 Å². The SMILES string of the molecule is CN(C1CCCCC1)S(=O)(=O)c1cc(-c2nc(-c3ccc(Br)c(F)c3)c[nH]2)ccc1Cl. The minimum atomic E-state index is -3.75. The molecule has 5 nitrogen and oxygen atoms in total. The first-order valence-electron chi connectivity index (χ1n) is 10.1. The molecule has 1 aliphatic carbocycles. The van der Waals surface area contributed by atoms with E-state index in [1.54, 1.807) is 43.6 Å². The Bertz CT molecular complexity index is 1210. The first-order valence-corrected chi connectivity index (χ1v) is 12.7. The Kier molecular flexibility index (Phi) is 6.53. The molecule has 1 heterocycles. The molecule has 1 fully saturated rings. The number of nitrogens with one attached hydrogen (secondary N) is 1. The molecule has 9 heteroatoms. The van der Waals surface area contributed by atoms with Gasteiger partial charge in [-0.15, -0.1) is 0 Å². The number of halogens is 3. The van der Waals surface area contributed by atoms with Gasteiger partial charge in [0.2, 0.25) is 10.0 Å². The van der Waals surface area contributed by atoms with Crippen molar-refractivity contribution in [2.75, 3.05) is 7.05 Å². The minimum absolute atomic E-state index is 0.0130. The summed E-state index contributed by atoms with van der Waals surface area (Å²) in [5, 5.41) is 0.174. The van der Waals surface area contributed by atoms with Crippen LogP contribution < -0.4 is 0 Å². The molecule has 0 radical (unpaired) electrons. The van der Waals surface area contributed by atoms with Crippen LogP contribution in [0.3, 0.4) is 0 Å². The molecule has 0 saturated heterocycles. The van der Waals surface area contributed by atoms with Gasteiger partial charge in [-0.1, -0.05) is 36.9 Å². The summed E-state index contributed by atoms with van der Waals surface area (Å²) in [6.07, 6.45) is 6.59. The lowest BCUT2D eigenvalue weighted by Gasteiger charge is -2.30. The van der Waals surface area contributed by atoms with Crippen molar-refractivity contribution in [1.29, 1.82) is 0 Å². The summed E-state index contributed by atoms with van der Waals surface area (Å²) >= 11 is 9.44. The number of rotatable bonds is 5. The Labute approximate surface area is 194 Å². The van der Waals surface area contributed by atoms with Gasteiger partial charge in [-0.25, -0.2) is 17.8 Å². The van der Waals surface area contributed by atoms with E-state index in [0.717, 1.165) is 32.1 Å². The summed E-state index contributed by atoms with van der Waals surface area (Å²) < 4.78 is 42.3. The number of sulfonamides is 1. The van der Waals surface area contributed by atoms with Gasteiger partial charge in [-0.2, -0.15) is 4.31 Å². The zero-order valence-electron chi connectivity index (χ0n) is 16.9. The molecule has 0 aliphatic heterocycles. The average Bonchev–Trinajstić information content (AvgIpc) is 3.26. The van der Waals surface area contributed by atoms with Crippen LogP contribution in [0.4, 0.5) is 4.39 Å². The standard InChI is InChI=1S/C22H22BrClFN3O2S/c1-28(16-5-3-2-4-6-16)31(29,30)21-12-15(8-10-18(21)24)22-26-13-20(27-22)14-7-9-17(23)19(25)11-14/h7-13,16H,2-6H2,1H3,(H,26,27). The Hall–Kier alpha value is -1.74. The zero-order valence-corrected chi connectivity index (χ0v) is 20.1. The van der Waals surface area contributed by atoms with E-state index in [1.807, 2.05) is 0 Å². The second kappa shape index (κ2) is 9.02. The fraction of sp³-hybridized carbons (Fsp3) is 0.318. The predicted molar refractivity (Wildman–Crippen MR) is 124 cm³/mol. The summed E-state index contributed by atoms with van der Waals surface area (Å²) in [6.45, 7) is 0. The van der Waals surface area contributed by atoms with Crippen molar-refractivity contribution in [3.05, 3.63) is 57.9 Å². The summed E-state index contributed by atoms with van der Waals surface area (Å²) in [5.41, 5.74) is 1.76. The van der Waals surface area contributed by atoms with Gasteiger partial charge in [-0.05, 0) is 59.1 Å². The molecule has 0 bridgehead atoms. The number of hydrogen-bond acceptors (Lipinski definition) is 3. The van der Waals surface area contributed by atoms with E-state index in [-0.39, 0.29) is 21.8 Å². The van der Waals surface area contributed by atoms with E-state index in [1.165, 1.54) is 10.4 Å². The van der Waals surface area contributed by atoms with Crippen molar-refractivity contribution >= 4 is 37.6 Å². The molecule has 2 aromatic carbocycles. The Morgan fingerprint density at radius 1 is 1.13 bits per heavy atom. The summed E-state index contributed by atoms with van der Waals surface area (Å²) in [6, 6.07) is 9.58. The number of aromatic nitrogens is 2. The Morgan fingerprint density at radius 2 is 1.84 bits per heavy atom. The van der Waals surface area contributed by atoms with Crippen molar-refractivity contribution in [2.24, 2.45) is 0 Å². The molecule has 1 saturated carbocycles. The molecule has 1 aromatic heterocycles. The highest BCUT2D eigenvalue weighted by molar-refractivity contribution is 9.10. The van der Waals surface area contributed by atoms with Gasteiger partial charge in [0.1, 0.15) is 16.5 Å². The highest BCUT2D eigenvalue weighted by Crippen LogP contribution is 2.33. The summed E-state index contributed by atoms with van der Waals surface area (Å²) in [4.78, 5) is 7.63. The van der Waals surface area contributed by atoms with Crippen LogP contribution in [0.5, 0.6) is 0 Å². The molecule has 0 amide bonds. The van der Waals surface area contributed by atoms with E-state index in [9.17, 15) is 12.8 Å². The molecule has 0 atom stereocenters. The first-order chi connectivity index (χ1) is 14.8. The number of aromatic amines is 1. The van der Waals surface area contributed by atoms with E-state index in [2.05, 4.69) is 25.9 Å². The number of imidazole rings is 1. The lowest BCUT2D eigenvalue weighted by atomic mass is 9.96. The Balaban J connectivity index is 1.66. The van der Waals surface area contributed by atoms with Gasteiger partial charge in [0, 0.05) is 30.4 Å². The second-order valence-corrected chi connectivity index (χ2v) is 10.9. The van der Waals surface area contributed by atoms with Gasteiger partial charge in [-0.3, -0.25) is 0 Å². The third-order valence-corrected chi connectivity index (χ3v) is 8.78. The van der Waals surface area contributed by atoms with Crippen LogP contribution in [0, 0.1) is 5.82 Å². The highest BCUT2D eigenvalue weighted by atomic mass is 79.9. The fourth-order valence-corrected chi connectivity index (χ4v) is 6.08. The van der Waals surface area contributed by atoms with Crippen LogP contribution in [-0.4, -0.2) is 35.8 Å². The van der Waals surface area contributed by atoms with Crippen LogP contribution in [0.25, 0.3) is 22.6 Å². The quantitative estimate of drug-likeness (QED) is 0.427. The monoisotopic (exact) mass is 525 g/mol. The average molecular weight is 527 g/mol. The van der Waals surface area contributed by atoms with E-state index in [0.29, 0.717) is 27.1 Å². The molecular weight excluding hydrogens is 505 g/mol. The molecule has 31 heavy (non-hydrogen) atoms. The van der Waals surface area contributed by atoms with Crippen molar-refractivity contribution in [2.45, 2.75) is 43.0 Å². The molecule has 1 N–H and O–H groups in total. The molecule has 4 rings (SSSR count). The maximum atomic E-state index is 13.9. The van der Waals surface area contributed by atoms with Gasteiger partial charge in [0.15, 0.2) is 0 Å². The molecule has 164 valence electrons. The topological polar surface area (TPSA) is 66.1 Å². The number of H-pyrrole nitrogens is 1. The number of nitrogens with zero attached hydrogens (tertiary/aromatic N) is 2. The van der Waals surface area contributed by atoms with Crippen LogP contribution in [0.2, 0.25) is 5.02 Å². The van der Waals surface area contributed by atoms with Gasteiger partial charge < -0.3 is 4.98 Å². The van der Waals surface area contributed by atoms with E-state index in [4.69, 9.17) is 11.6 Å². The first kappa shape index (κ1) is 22.5. The van der Waals surface area contributed by atoms with Crippen LogP contribution in [-0.2, 0) is 10.0 Å². The maximum absolute atomic E-state index is 13.9. The lowest BCUT2D eigenvalue weighted by Crippen LogP contribution is -2.38. The van der Waals surface area contributed by atoms with Crippen LogP contribution in [0.15, 0.2) is 52.0 Å². The van der Waals surface area contributed by atoms with Crippen LogP contribution in [0.1, 0.15) is 32.1 Å². The van der Waals surface area contributed by atoms with Crippen molar-refractivity contribution in [1.82, 2.24) is 14.3 Å². The maximum Gasteiger partial charge on any atom is 0.244 e. The van der Waals surface area contributed by atoms with Gasteiger partial charge in [0.05, 0.1) is 15.2 Å². The molecular formula is C22H22BrClFN3O2S. The lowest BCUT2D eigenvalue weighted by molar-refractivity contribution is 0.286. The second-order valence-electron chi connectivity index (χ2n) is 7.72. The summed E-state index contributed by atoms with van der Waals surface area (Å²) in [7, 11) is -2.12.